The van der Waals surface area contributed by atoms with Crippen molar-refractivity contribution >= 4 is 33.1 Å². The van der Waals surface area contributed by atoms with Crippen molar-refractivity contribution in [2.75, 3.05) is 31.6 Å². The molecule has 3 atom stereocenters. The van der Waals surface area contributed by atoms with E-state index >= 15 is 0 Å². The summed E-state index contributed by atoms with van der Waals surface area (Å²) in [4.78, 5) is 31.6. The maximum absolute atomic E-state index is 13.5. The second-order valence-corrected chi connectivity index (χ2v) is 17.0. The Morgan fingerprint density at radius 2 is 1.56 bits per heavy atom. The van der Waals surface area contributed by atoms with E-state index in [1.54, 1.807) is 12.1 Å². The number of nitrogens with zero attached hydrogens (tertiary/aromatic N) is 2. The number of hydrogen-bond donors (Lipinski definition) is 1. The Morgan fingerprint density at radius 3 is 2.28 bits per heavy atom. The van der Waals surface area contributed by atoms with Gasteiger partial charge in [-0.15, -0.1) is 0 Å². The molecule has 264 valence electrons. The highest BCUT2D eigenvalue weighted by molar-refractivity contribution is 9.09. The Hall–Kier alpha value is -3.48. The van der Waals surface area contributed by atoms with Gasteiger partial charge in [-0.2, -0.15) is 0 Å². The molecular formula is C44H54BrN3O2. The molecule has 4 aliphatic rings. The van der Waals surface area contributed by atoms with Gasteiger partial charge in [-0.1, -0.05) is 130 Å². The number of carbonyl (C=O) groups excluding carboxylic acids is 2. The van der Waals surface area contributed by atoms with Gasteiger partial charge in [-0.3, -0.25) is 9.59 Å². The molecule has 6 heteroatoms. The van der Waals surface area contributed by atoms with Crippen molar-refractivity contribution in [3.63, 3.8) is 0 Å². The van der Waals surface area contributed by atoms with E-state index in [1.807, 2.05) is 30.3 Å². The quantitative estimate of drug-likeness (QED) is 0.158. The van der Waals surface area contributed by atoms with Crippen LogP contribution in [0.4, 0.5) is 0 Å². The highest BCUT2D eigenvalue weighted by Crippen LogP contribution is 2.43. The molecule has 0 spiro atoms. The zero-order valence-corrected chi connectivity index (χ0v) is 32.3. The van der Waals surface area contributed by atoms with Crippen LogP contribution in [0.25, 0.3) is 5.57 Å². The number of allylic oxidation sites excluding steroid dienone is 6. The fourth-order valence-electron chi connectivity index (χ4n) is 8.06. The molecule has 0 aromatic heterocycles. The Labute approximate surface area is 308 Å². The van der Waals surface area contributed by atoms with Gasteiger partial charge in [0.15, 0.2) is 11.6 Å². The monoisotopic (exact) mass is 735 g/mol. The molecule has 1 N–H and O–H groups in total. The lowest BCUT2D eigenvalue weighted by Gasteiger charge is -2.39. The van der Waals surface area contributed by atoms with Gasteiger partial charge in [0.2, 0.25) is 0 Å². The lowest BCUT2D eigenvalue weighted by Crippen LogP contribution is -2.36. The molecule has 6 rings (SSSR count). The van der Waals surface area contributed by atoms with Gasteiger partial charge in [0, 0.05) is 71.0 Å². The Morgan fingerprint density at radius 1 is 0.880 bits per heavy atom. The summed E-state index contributed by atoms with van der Waals surface area (Å²) < 4.78 is 0. The molecule has 50 heavy (non-hydrogen) atoms. The molecule has 1 heterocycles. The van der Waals surface area contributed by atoms with Crippen molar-refractivity contribution < 1.29 is 9.59 Å². The number of carbonyl (C=O) groups is 2. The summed E-state index contributed by atoms with van der Waals surface area (Å²) in [6.07, 6.45) is 21.5. The van der Waals surface area contributed by atoms with Crippen LogP contribution in [0.5, 0.6) is 0 Å². The van der Waals surface area contributed by atoms with Crippen molar-refractivity contribution in [1.29, 1.82) is 0 Å². The van der Waals surface area contributed by atoms with E-state index in [0.717, 1.165) is 37.2 Å². The van der Waals surface area contributed by atoms with Gasteiger partial charge in [0.25, 0.3) is 0 Å². The number of ketones is 2. The predicted molar refractivity (Wildman–Crippen MR) is 210 cm³/mol. The first-order valence-corrected chi connectivity index (χ1v) is 19.5. The second kappa shape index (κ2) is 15.0. The number of halogens is 1. The molecule has 0 amide bonds. The van der Waals surface area contributed by atoms with Gasteiger partial charge in [0.05, 0.1) is 6.67 Å². The molecule has 5 nitrogen and oxygen atoms in total. The maximum atomic E-state index is 13.5. The van der Waals surface area contributed by atoms with E-state index in [4.69, 9.17) is 0 Å². The predicted octanol–water partition coefficient (Wildman–Crippen LogP) is 9.42. The minimum absolute atomic E-state index is 0.0742. The summed E-state index contributed by atoms with van der Waals surface area (Å²) in [5.41, 5.74) is 6.05. The molecule has 0 saturated heterocycles. The smallest absolute Gasteiger partial charge is 0.194 e. The maximum Gasteiger partial charge on any atom is 0.194 e. The second-order valence-electron chi connectivity index (χ2n) is 16.5. The van der Waals surface area contributed by atoms with Gasteiger partial charge in [-0.25, -0.2) is 0 Å². The molecule has 0 fully saturated rings. The van der Waals surface area contributed by atoms with Gasteiger partial charge >= 0.3 is 0 Å². The van der Waals surface area contributed by atoms with E-state index in [-0.39, 0.29) is 28.3 Å². The van der Waals surface area contributed by atoms with E-state index < -0.39 is 0 Å². The summed E-state index contributed by atoms with van der Waals surface area (Å²) in [5, 5.41) is 4.63. The fourth-order valence-corrected chi connectivity index (χ4v) is 8.52. The summed E-state index contributed by atoms with van der Waals surface area (Å²) in [6.45, 7) is 18.1. The third-order valence-corrected chi connectivity index (χ3v) is 12.7. The molecule has 3 aliphatic carbocycles. The first kappa shape index (κ1) is 36.3. The average molecular weight is 737 g/mol. The van der Waals surface area contributed by atoms with Gasteiger partial charge in [-0.05, 0) is 65.8 Å². The van der Waals surface area contributed by atoms with Crippen LogP contribution in [0, 0.1) is 28.6 Å². The number of benzene rings is 2. The number of hydrogen-bond acceptors (Lipinski definition) is 5. The molecular weight excluding hydrogens is 682 g/mol. The normalized spacial score (nSPS) is 20.6. The highest BCUT2D eigenvalue weighted by Gasteiger charge is 2.35. The number of rotatable bonds is 15. The third-order valence-electron chi connectivity index (χ3n) is 11.2. The van der Waals surface area contributed by atoms with Crippen molar-refractivity contribution in [2.24, 2.45) is 28.6 Å². The van der Waals surface area contributed by atoms with Crippen molar-refractivity contribution in [1.82, 2.24) is 15.1 Å². The van der Waals surface area contributed by atoms with Crippen molar-refractivity contribution in [3.05, 3.63) is 125 Å². The third kappa shape index (κ3) is 7.87. The number of nitrogens with one attached hydrogen (secondary N) is 1. The first-order valence-electron chi connectivity index (χ1n) is 18.4. The number of alkyl halides is 1. The summed E-state index contributed by atoms with van der Waals surface area (Å²) in [5.74, 6) is 0.896. The van der Waals surface area contributed by atoms with Crippen LogP contribution in [-0.4, -0.2) is 59.0 Å². The van der Waals surface area contributed by atoms with Crippen LogP contribution >= 0.6 is 15.9 Å². The summed E-state index contributed by atoms with van der Waals surface area (Å²) in [7, 11) is 0. The lowest BCUT2D eigenvalue weighted by molar-refractivity contribution is 0.0979. The summed E-state index contributed by atoms with van der Waals surface area (Å²) >= 11 is 3.85. The van der Waals surface area contributed by atoms with Crippen LogP contribution in [0.1, 0.15) is 98.2 Å². The SMILES string of the molecule is CC(C)NCCC(C)(C)CC(CCN1C=CN(C[C@@H]2C=CC=C2C2C=CC=C2c2ccc3c(c2)C(=O)c2ccccc2C3=O)C1)C(C)(C)CBr. The lowest BCUT2D eigenvalue weighted by atomic mass is 9.69. The minimum atomic E-state index is -0.0758. The Bertz CT molecular complexity index is 1760. The summed E-state index contributed by atoms with van der Waals surface area (Å²) in [6, 6.07) is 13.5. The molecule has 2 aromatic carbocycles. The molecule has 0 bridgehead atoms. The van der Waals surface area contributed by atoms with Crippen LogP contribution in [-0.2, 0) is 0 Å². The topological polar surface area (TPSA) is 52.6 Å². The molecule has 2 unspecified atom stereocenters. The largest absolute Gasteiger partial charge is 0.359 e. The van der Waals surface area contributed by atoms with Crippen molar-refractivity contribution in [2.45, 2.75) is 66.8 Å². The van der Waals surface area contributed by atoms with Gasteiger partial charge in [0.1, 0.15) is 0 Å². The van der Waals surface area contributed by atoms with Gasteiger partial charge < -0.3 is 15.1 Å². The van der Waals surface area contributed by atoms with E-state index in [0.29, 0.717) is 40.1 Å². The Balaban J connectivity index is 1.07. The molecule has 0 saturated carbocycles. The molecule has 2 aromatic rings. The van der Waals surface area contributed by atoms with E-state index in [9.17, 15) is 9.59 Å². The number of fused-ring (bicyclic) bond motifs is 2. The van der Waals surface area contributed by atoms with E-state index in [2.05, 4.69) is 121 Å². The molecule has 1 aliphatic heterocycles. The van der Waals surface area contributed by atoms with Crippen LogP contribution in [0.2, 0.25) is 0 Å². The van der Waals surface area contributed by atoms with Crippen LogP contribution < -0.4 is 5.32 Å². The minimum Gasteiger partial charge on any atom is -0.359 e. The molecule has 0 radical (unpaired) electrons. The van der Waals surface area contributed by atoms with Crippen molar-refractivity contribution in [3.8, 4) is 0 Å². The Kier molecular flexibility index (Phi) is 10.9. The first-order chi connectivity index (χ1) is 23.9. The zero-order valence-electron chi connectivity index (χ0n) is 30.7. The average Bonchev–Trinajstić information content (AvgIpc) is 3.87. The zero-order chi connectivity index (χ0) is 35.6. The van der Waals surface area contributed by atoms with E-state index in [1.165, 1.54) is 30.4 Å². The van der Waals surface area contributed by atoms with Crippen LogP contribution in [0.15, 0.2) is 96.9 Å². The standard InChI is InChI=1S/C44H54BrN3O2/c1-30(2)46-21-20-43(3,4)26-33(44(5,6)28-45)19-22-47-23-24-48(29-47)27-32-11-9-14-35(32)36-16-10-15-34(36)31-17-18-39-40(25-31)42(50)38-13-8-7-12-37(38)41(39)49/h7-18,23-25,30,32-33,36,46H,19-22,26-29H2,1-6H3/t32-,33?,36?/m0/s1. The fraction of sp³-hybridized carbons (Fsp3) is 0.455. The highest BCUT2D eigenvalue weighted by atomic mass is 79.9. The van der Waals surface area contributed by atoms with Crippen LogP contribution in [0.3, 0.4) is 0 Å².